The van der Waals surface area contributed by atoms with Crippen LogP contribution in [0.4, 0.5) is 0 Å². The predicted molar refractivity (Wildman–Crippen MR) is 74.6 cm³/mol. The Morgan fingerprint density at radius 3 is 2.84 bits per heavy atom. The molecule has 2 amide bonds. The zero-order chi connectivity index (χ0) is 14.3. The number of likely N-dealkylation sites (N-methyl/N-ethyl adjacent to an activating group) is 1. The molecule has 1 aliphatic heterocycles. The van der Waals surface area contributed by atoms with Gasteiger partial charge in [0, 0.05) is 33.6 Å². The van der Waals surface area contributed by atoms with Crippen molar-refractivity contribution in [2.75, 3.05) is 40.3 Å². The first kappa shape index (κ1) is 15.9. The third-order valence-corrected chi connectivity index (χ3v) is 3.65. The van der Waals surface area contributed by atoms with E-state index in [1.807, 2.05) is 0 Å². The molecule has 6 heteroatoms. The Hall–Kier alpha value is -1.14. The van der Waals surface area contributed by atoms with Gasteiger partial charge in [-0.1, -0.05) is 0 Å². The maximum atomic E-state index is 11.9. The zero-order valence-corrected chi connectivity index (χ0v) is 12.0. The fourth-order valence-electron chi connectivity index (χ4n) is 2.44. The van der Waals surface area contributed by atoms with E-state index < -0.39 is 0 Å². The van der Waals surface area contributed by atoms with Gasteiger partial charge in [0.15, 0.2) is 0 Å². The minimum absolute atomic E-state index is 0.0569. The summed E-state index contributed by atoms with van der Waals surface area (Å²) in [7, 11) is 3.46. The zero-order valence-electron chi connectivity index (χ0n) is 12.0. The van der Waals surface area contributed by atoms with Crippen molar-refractivity contribution in [2.24, 2.45) is 5.73 Å². The van der Waals surface area contributed by atoms with Crippen LogP contribution in [0.3, 0.4) is 0 Å². The summed E-state index contributed by atoms with van der Waals surface area (Å²) >= 11 is 0. The first-order chi connectivity index (χ1) is 9.10. The van der Waals surface area contributed by atoms with E-state index in [9.17, 15) is 9.59 Å². The van der Waals surface area contributed by atoms with E-state index in [1.54, 1.807) is 19.0 Å². The number of nitrogens with one attached hydrogen (secondary N) is 1. The molecule has 19 heavy (non-hydrogen) atoms. The summed E-state index contributed by atoms with van der Waals surface area (Å²) in [6.07, 6.45) is 3.20. The highest BCUT2D eigenvalue weighted by Crippen LogP contribution is 2.17. The highest BCUT2D eigenvalue weighted by molar-refractivity contribution is 5.82. The van der Waals surface area contributed by atoms with Crippen molar-refractivity contribution in [2.45, 2.75) is 31.7 Å². The topological polar surface area (TPSA) is 78.7 Å². The summed E-state index contributed by atoms with van der Waals surface area (Å²) in [4.78, 5) is 27.4. The SMILES string of the molecule is CNC(=O)C1CCCN1CCC(=O)N(C)CCCN. The van der Waals surface area contributed by atoms with Gasteiger partial charge >= 0.3 is 0 Å². The summed E-state index contributed by atoms with van der Waals surface area (Å²) in [5.74, 6) is 0.178. The number of carbonyl (C=O) groups excluding carboxylic acids is 2. The summed E-state index contributed by atoms with van der Waals surface area (Å²) in [6.45, 7) is 2.86. The molecule has 1 rings (SSSR count). The molecule has 1 unspecified atom stereocenters. The van der Waals surface area contributed by atoms with Gasteiger partial charge < -0.3 is 16.0 Å². The quantitative estimate of drug-likeness (QED) is 0.647. The number of likely N-dealkylation sites (tertiary alicyclic amines) is 1. The molecule has 0 aromatic heterocycles. The number of nitrogens with two attached hydrogens (primary N) is 1. The van der Waals surface area contributed by atoms with E-state index in [4.69, 9.17) is 5.73 Å². The van der Waals surface area contributed by atoms with Gasteiger partial charge in [-0.3, -0.25) is 14.5 Å². The van der Waals surface area contributed by atoms with Crippen LogP contribution in [0, 0.1) is 0 Å². The molecule has 1 aliphatic rings. The molecule has 0 aromatic rings. The van der Waals surface area contributed by atoms with Crippen molar-refractivity contribution in [1.29, 1.82) is 0 Å². The highest BCUT2D eigenvalue weighted by Gasteiger charge is 2.30. The summed E-state index contributed by atoms with van der Waals surface area (Å²) < 4.78 is 0. The number of carbonyl (C=O) groups is 2. The minimum Gasteiger partial charge on any atom is -0.358 e. The average molecular weight is 270 g/mol. The Morgan fingerprint density at radius 1 is 1.47 bits per heavy atom. The van der Waals surface area contributed by atoms with Crippen LogP contribution in [-0.4, -0.2) is 67.9 Å². The van der Waals surface area contributed by atoms with E-state index in [1.165, 1.54) is 0 Å². The molecular weight excluding hydrogens is 244 g/mol. The van der Waals surface area contributed by atoms with Crippen LogP contribution in [0.5, 0.6) is 0 Å². The molecule has 1 atom stereocenters. The minimum atomic E-state index is -0.0628. The van der Waals surface area contributed by atoms with Crippen LogP contribution < -0.4 is 11.1 Å². The predicted octanol–water partition coefficient (Wildman–Crippen LogP) is -0.606. The van der Waals surface area contributed by atoms with Crippen LogP contribution >= 0.6 is 0 Å². The van der Waals surface area contributed by atoms with Crippen LogP contribution in [0.1, 0.15) is 25.7 Å². The lowest BCUT2D eigenvalue weighted by molar-refractivity contribution is -0.131. The Kier molecular flexibility index (Phi) is 6.80. The average Bonchev–Trinajstić information content (AvgIpc) is 2.89. The number of hydrogen-bond donors (Lipinski definition) is 2. The summed E-state index contributed by atoms with van der Waals surface area (Å²) in [5, 5.41) is 2.69. The van der Waals surface area contributed by atoms with Crippen LogP contribution in [0.25, 0.3) is 0 Å². The Bertz CT molecular complexity index is 309. The molecule has 1 fully saturated rings. The van der Waals surface area contributed by atoms with Gasteiger partial charge in [-0.25, -0.2) is 0 Å². The van der Waals surface area contributed by atoms with Gasteiger partial charge in [-0.15, -0.1) is 0 Å². The van der Waals surface area contributed by atoms with Crippen LogP contribution in [-0.2, 0) is 9.59 Å². The molecule has 3 N–H and O–H groups in total. The lowest BCUT2D eigenvalue weighted by atomic mass is 10.2. The molecule has 0 saturated carbocycles. The van der Waals surface area contributed by atoms with Crippen molar-refractivity contribution in [3.8, 4) is 0 Å². The first-order valence-electron chi connectivity index (χ1n) is 6.99. The third kappa shape index (κ3) is 4.80. The molecular formula is C13H26N4O2. The second kappa shape index (κ2) is 8.12. The first-order valence-corrected chi connectivity index (χ1v) is 6.99. The van der Waals surface area contributed by atoms with Gasteiger partial charge in [0.25, 0.3) is 0 Å². The largest absolute Gasteiger partial charge is 0.358 e. The normalized spacial score (nSPS) is 19.4. The Morgan fingerprint density at radius 2 is 2.21 bits per heavy atom. The van der Waals surface area contributed by atoms with Crippen molar-refractivity contribution in [3.05, 3.63) is 0 Å². The number of rotatable bonds is 7. The standard InChI is InChI=1S/C13H26N4O2/c1-15-13(19)11-5-3-9-17(11)10-6-12(18)16(2)8-4-7-14/h11H,3-10,14H2,1-2H3,(H,15,19). The second-order valence-corrected chi connectivity index (χ2v) is 5.02. The number of hydrogen-bond acceptors (Lipinski definition) is 4. The molecule has 0 spiro atoms. The lowest BCUT2D eigenvalue weighted by Gasteiger charge is -2.24. The van der Waals surface area contributed by atoms with Crippen molar-refractivity contribution < 1.29 is 9.59 Å². The third-order valence-electron chi connectivity index (χ3n) is 3.65. The molecule has 6 nitrogen and oxygen atoms in total. The van der Waals surface area contributed by atoms with E-state index in [0.29, 0.717) is 26.1 Å². The van der Waals surface area contributed by atoms with Gasteiger partial charge in [0.2, 0.25) is 11.8 Å². The van der Waals surface area contributed by atoms with Crippen molar-refractivity contribution in [3.63, 3.8) is 0 Å². The van der Waals surface area contributed by atoms with E-state index in [0.717, 1.165) is 25.8 Å². The van der Waals surface area contributed by atoms with Gasteiger partial charge in [0.05, 0.1) is 6.04 Å². The molecule has 1 saturated heterocycles. The van der Waals surface area contributed by atoms with Gasteiger partial charge in [-0.05, 0) is 32.4 Å². The number of amides is 2. The molecule has 0 aliphatic carbocycles. The lowest BCUT2D eigenvalue weighted by Crippen LogP contribution is -2.43. The smallest absolute Gasteiger partial charge is 0.237 e. The van der Waals surface area contributed by atoms with Gasteiger partial charge in [0.1, 0.15) is 0 Å². The molecule has 0 aromatic carbocycles. The summed E-state index contributed by atoms with van der Waals surface area (Å²) in [5.41, 5.74) is 5.43. The van der Waals surface area contributed by atoms with Crippen LogP contribution in [0.2, 0.25) is 0 Å². The maximum Gasteiger partial charge on any atom is 0.237 e. The fourth-order valence-corrected chi connectivity index (χ4v) is 2.44. The Labute approximate surface area is 115 Å². The van der Waals surface area contributed by atoms with E-state index in [2.05, 4.69) is 10.2 Å². The number of nitrogens with zero attached hydrogens (tertiary/aromatic N) is 2. The van der Waals surface area contributed by atoms with E-state index in [-0.39, 0.29) is 17.9 Å². The van der Waals surface area contributed by atoms with Crippen molar-refractivity contribution >= 4 is 11.8 Å². The van der Waals surface area contributed by atoms with Crippen LogP contribution in [0.15, 0.2) is 0 Å². The molecule has 1 heterocycles. The maximum absolute atomic E-state index is 11.9. The monoisotopic (exact) mass is 270 g/mol. The summed E-state index contributed by atoms with van der Waals surface area (Å²) in [6, 6.07) is -0.0628. The highest BCUT2D eigenvalue weighted by atomic mass is 16.2. The van der Waals surface area contributed by atoms with E-state index >= 15 is 0 Å². The second-order valence-electron chi connectivity index (χ2n) is 5.02. The fraction of sp³-hybridized carbons (Fsp3) is 0.846. The molecule has 0 radical (unpaired) electrons. The molecule has 0 bridgehead atoms. The Balaban J connectivity index is 2.34. The van der Waals surface area contributed by atoms with Crippen molar-refractivity contribution in [1.82, 2.24) is 15.1 Å². The van der Waals surface area contributed by atoms with Gasteiger partial charge in [-0.2, -0.15) is 0 Å². The molecule has 110 valence electrons.